The van der Waals surface area contributed by atoms with E-state index in [1.54, 1.807) is 14.2 Å². The molecule has 1 aliphatic rings. The molecule has 0 amide bonds. The molecule has 32 heavy (non-hydrogen) atoms. The van der Waals surface area contributed by atoms with E-state index >= 15 is 0 Å². The number of aryl methyl sites for hydroxylation is 1. The highest BCUT2D eigenvalue weighted by atomic mass is 127. The van der Waals surface area contributed by atoms with Crippen molar-refractivity contribution in [3.8, 4) is 11.5 Å². The van der Waals surface area contributed by atoms with Crippen LogP contribution < -0.4 is 14.8 Å². The molecule has 1 aromatic heterocycles. The molecular weight excluding hydrogens is 521 g/mol. The highest BCUT2D eigenvalue weighted by molar-refractivity contribution is 14.0. The Balaban J connectivity index is 0.00000363. The van der Waals surface area contributed by atoms with Crippen molar-refractivity contribution in [1.29, 1.82) is 0 Å². The summed E-state index contributed by atoms with van der Waals surface area (Å²) in [6.45, 7) is 11.7. The normalized spacial score (nSPS) is 15.3. The number of aliphatic imine (C=N–C) groups is 1. The van der Waals surface area contributed by atoms with Gasteiger partial charge < -0.3 is 24.2 Å². The molecule has 0 saturated carbocycles. The monoisotopic (exact) mass is 557 g/mol. The van der Waals surface area contributed by atoms with Gasteiger partial charge in [0.1, 0.15) is 5.76 Å². The van der Waals surface area contributed by atoms with Crippen LogP contribution in [0.2, 0.25) is 0 Å². The molecule has 1 fully saturated rings. The van der Waals surface area contributed by atoms with Gasteiger partial charge in [-0.15, -0.1) is 24.0 Å². The molecule has 9 heteroatoms. The van der Waals surface area contributed by atoms with Crippen LogP contribution in [-0.4, -0.2) is 74.9 Å². The molecule has 3 rings (SSSR count). The van der Waals surface area contributed by atoms with Crippen molar-refractivity contribution in [2.45, 2.75) is 32.7 Å². The first-order valence-corrected chi connectivity index (χ1v) is 10.7. The minimum atomic E-state index is -0.109. The second kappa shape index (κ2) is 11.7. The largest absolute Gasteiger partial charge is 0.493 e. The number of guanidine groups is 1. The van der Waals surface area contributed by atoms with E-state index in [9.17, 15) is 0 Å². The molecule has 2 aromatic rings. The summed E-state index contributed by atoms with van der Waals surface area (Å²) < 4.78 is 16.0. The highest BCUT2D eigenvalue weighted by Gasteiger charge is 2.25. The third kappa shape index (κ3) is 6.50. The van der Waals surface area contributed by atoms with Crippen molar-refractivity contribution in [3.05, 3.63) is 41.3 Å². The smallest absolute Gasteiger partial charge is 0.193 e. The molecule has 1 saturated heterocycles. The molecule has 0 bridgehead atoms. The lowest BCUT2D eigenvalue weighted by Gasteiger charge is -2.37. The van der Waals surface area contributed by atoms with Gasteiger partial charge in [0.25, 0.3) is 0 Å². The maximum Gasteiger partial charge on any atom is 0.193 e. The van der Waals surface area contributed by atoms with Crippen LogP contribution in [0.25, 0.3) is 0 Å². The summed E-state index contributed by atoms with van der Waals surface area (Å²) in [5, 5.41) is 7.68. The van der Waals surface area contributed by atoms with Crippen LogP contribution >= 0.6 is 24.0 Å². The standard InChI is InChI=1S/C23H35N5O3.HI/c1-17-13-19(26-31-17)15-27-9-11-28(12-10-27)22(24-4)25-16-23(2,3)18-7-8-20(29-5)21(14-18)30-6;/h7-8,13-14H,9-12,15-16H2,1-6H3,(H,24,25);1H. The summed E-state index contributed by atoms with van der Waals surface area (Å²) in [6, 6.07) is 8.10. The predicted molar refractivity (Wildman–Crippen MR) is 137 cm³/mol. The molecule has 0 unspecified atom stereocenters. The topological polar surface area (TPSA) is 75.4 Å². The minimum absolute atomic E-state index is 0. The van der Waals surface area contributed by atoms with Gasteiger partial charge in [0.15, 0.2) is 17.5 Å². The van der Waals surface area contributed by atoms with Crippen LogP contribution in [-0.2, 0) is 12.0 Å². The molecule has 178 valence electrons. The number of ether oxygens (including phenoxy) is 2. The van der Waals surface area contributed by atoms with Gasteiger partial charge in [-0.3, -0.25) is 9.89 Å². The fourth-order valence-corrected chi connectivity index (χ4v) is 3.83. The van der Waals surface area contributed by atoms with E-state index in [0.717, 1.165) is 68.2 Å². The fraction of sp³-hybridized carbons (Fsp3) is 0.565. The van der Waals surface area contributed by atoms with Gasteiger partial charge in [-0.2, -0.15) is 0 Å². The lowest BCUT2D eigenvalue weighted by atomic mass is 9.84. The van der Waals surface area contributed by atoms with Gasteiger partial charge in [0, 0.05) is 57.8 Å². The SMILES string of the molecule is CN=C(NCC(C)(C)c1ccc(OC)c(OC)c1)N1CCN(Cc2cc(C)on2)CC1.I. The second-order valence-electron chi connectivity index (χ2n) is 8.55. The maximum absolute atomic E-state index is 5.48. The van der Waals surface area contributed by atoms with Crippen LogP contribution in [0, 0.1) is 6.92 Å². The second-order valence-corrected chi connectivity index (χ2v) is 8.55. The van der Waals surface area contributed by atoms with Crippen LogP contribution in [0.1, 0.15) is 30.9 Å². The Bertz CT molecular complexity index is 892. The van der Waals surface area contributed by atoms with Crippen LogP contribution in [0.4, 0.5) is 0 Å². The third-order valence-electron chi connectivity index (χ3n) is 5.80. The Kier molecular flexibility index (Phi) is 9.63. The van der Waals surface area contributed by atoms with Gasteiger partial charge in [0.2, 0.25) is 0 Å². The van der Waals surface area contributed by atoms with Crippen LogP contribution in [0.5, 0.6) is 11.5 Å². The molecule has 0 radical (unpaired) electrons. The molecule has 1 N–H and O–H groups in total. The van der Waals surface area contributed by atoms with Crippen molar-refractivity contribution < 1.29 is 14.0 Å². The van der Waals surface area contributed by atoms with Crippen molar-refractivity contribution in [3.63, 3.8) is 0 Å². The lowest BCUT2D eigenvalue weighted by Crippen LogP contribution is -2.53. The number of methoxy groups -OCH3 is 2. The minimum Gasteiger partial charge on any atom is -0.493 e. The van der Waals surface area contributed by atoms with Gasteiger partial charge in [0.05, 0.1) is 19.9 Å². The average molecular weight is 557 g/mol. The predicted octanol–water partition coefficient (Wildman–Crippen LogP) is 3.29. The fourth-order valence-electron chi connectivity index (χ4n) is 3.83. The van der Waals surface area contributed by atoms with Crippen LogP contribution in [0.15, 0.2) is 33.8 Å². The van der Waals surface area contributed by atoms with E-state index in [4.69, 9.17) is 14.0 Å². The number of rotatable bonds is 7. The van der Waals surface area contributed by atoms with Crippen molar-refractivity contribution in [2.75, 3.05) is 54.0 Å². The van der Waals surface area contributed by atoms with E-state index in [0.29, 0.717) is 0 Å². The number of halogens is 1. The van der Waals surface area contributed by atoms with Gasteiger partial charge in [-0.05, 0) is 24.6 Å². The maximum atomic E-state index is 5.48. The zero-order chi connectivity index (χ0) is 22.4. The molecule has 0 atom stereocenters. The van der Waals surface area contributed by atoms with E-state index in [-0.39, 0.29) is 29.4 Å². The summed E-state index contributed by atoms with van der Waals surface area (Å²) in [6.07, 6.45) is 0. The Morgan fingerprint density at radius 1 is 1.12 bits per heavy atom. The zero-order valence-electron chi connectivity index (χ0n) is 20.0. The van der Waals surface area contributed by atoms with Crippen molar-refractivity contribution >= 4 is 29.9 Å². The first-order valence-electron chi connectivity index (χ1n) is 10.7. The Labute approximate surface area is 208 Å². The van der Waals surface area contributed by atoms with Crippen LogP contribution in [0.3, 0.4) is 0 Å². The average Bonchev–Trinajstić information content (AvgIpc) is 3.19. The van der Waals surface area contributed by atoms with Crippen molar-refractivity contribution in [1.82, 2.24) is 20.3 Å². The van der Waals surface area contributed by atoms with Gasteiger partial charge in [-0.25, -0.2) is 0 Å². The first kappa shape index (κ1) is 26.2. The van der Waals surface area contributed by atoms with E-state index in [1.165, 1.54) is 5.56 Å². The number of nitrogens with zero attached hydrogens (tertiary/aromatic N) is 4. The summed E-state index contributed by atoms with van der Waals surface area (Å²) in [7, 11) is 5.16. The molecular formula is C23H36IN5O3. The quantitative estimate of drug-likeness (QED) is 0.318. The van der Waals surface area contributed by atoms with Gasteiger partial charge >= 0.3 is 0 Å². The molecule has 2 heterocycles. The summed E-state index contributed by atoms with van der Waals surface area (Å²) >= 11 is 0. The number of aromatic nitrogens is 1. The number of piperazine rings is 1. The highest BCUT2D eigenvalue weighted by Crippen LogP contribution is 2.32. The molecule has 0 aliphatic carbocycles. The molecule has 8 nitrogen and oxygen atoms in total. The number of hydrogen-bond donors (Lipinski definition) is 1. The van der Waals surface area contributed by atoms with Crippen molar-refractivity contribution in [2.24, 2.45) is 4.99 Å². The van der Waals surface area contributed by atoms with E-state index in [2.05, 4.69) is 45.2 Å². The summed E-state index contributed by atoms with van der Waals surface area (Å²) in [4.78, 5) is 9.24. The van der Waals surface area contributed by atoms with E-state index < -0.39 is 0 Å². The molecule has 1 aromatic carbocycles. The number of hydrogen-bond acceptors (Lipinski definition) is 6. The number of nitrogens with one attached hydrogen (secondary N) is 1. The zero-order valence-corrected chi connectivity index (χ0v) is 22.3. The Hall–Kier alpha value is -2.01. The lowest BCUT2D eigenvalue weighted by molar-refractivity contribution is 0.168. The first-order chi connectivity index (χ1) is 14.9. The summed E-state index contributed by atoms with van der Waals surface area (Å²) in [5.41, 5.74) is 2.06. The molecule has 1 aliphatic heterocycles. The Morgan fingerprint density at radius 2 is 1.81 bits per heavy atom. The van der Waals surface area contributed by atoms with Gasteiger partial charge in [-0.1, -0.05) is 25.1 Å². The number of benzene rings is 1. The van der Waals surface area contributed by atoms with E-state index in [1.807, 2.05) is 32.2 Å². The summed E-state index contributed by atoms with van der Waals surface area (Å²) in [5.74, 6) is 3.28. The molecule has 0 spiro atoms. The Morgan fingerprint density at radius 3 is 2.38 bits per heavy atom. The third-order valence-corrected chi connectivity index (χ3v) is 5.80.